The maximum Gasteiger partial charge on any atom is 0.329 e. The van der Waals surface area contributed by atoms with Crippen LogP contribution in [0.4, 0.5) is 0 Å². The molecule has 1 saturated heterocycles. The summed E-state index contributed by atoms with van der Waals surface area (Å²) < 4.78 is 5.69. The topological polar surface area (TPSA) is 475 Å². The number of rotatable bonds is 32. The molecule has 0 spiro atoms. The summed E-state index contributed by atoms with van der Waals surface area (Å²) in [5.41, 5.74) is 11.6. The van der Waals surface area contributed by atoms with Crippen molar-refractivity contribution in [3.8, 4) is 0 Å². The Labute approximate surface area is 495 Å². The summed E-state index contributed by atoms with van der Waals surface area (Å²) in [6.07, 6.45) is -0.912. The van der Waals surface area contributed by atoms with E-state index in [9.17, 15) is 67.7 Å². The molecule has 1 aromatic carbocycles. The van der Waals surface area contributed by atoms with E-state index in [1.165, 1.54) is 20.8 Å². The van der Waals surface area contributed by atoms with Crippen LogP contribution in [-0.4, -0.2) is 186 Å². The minimum Gasteiger partial charge on any atom is -0.458 e. The average Bonchev–Trinajstić information content (AvgIpc) is 3.70. The number of hydrogen-bond donors (Lipinski definition) is 17. The number of cyclic esters (lactones) is 1. The number of aliphatic hydroxyl groups excluding tert-OH is 2. The lowest BCUT2D eigenvalue weighted by Gasteiger charge is -2.31. The SMILES string of the molecule is CC[C@@H](C)[C@@H](NC(=O)C(CCC(N)=O)NC(=O)[C@H](CO)NC(=O)[C@H](C)NC(=O)[C@@H](Cc1ccccc1)NC)C(=O)N[C@H](C(=O)N[C@@H](CO)C(=O)N[C@H]1C(=O)N[C@@H](C)C(=O)N[C@@H](CCCNC(=N)N)C(=O)N[C@@H]([C@@H](C)CC)C(=O)O[C@H]1C)[C@@H](C)CC. The van der Waals surface area contributed by atoms with Crippen molar-refractivity contribution < 1.29 is 72.5 Å². The Morgan fingerprint density at radius 3 is 1.72 bits per heavy atom. The number of esters is 1. The van der Waals surface area contributed by atoms with Crippen molar-refractivity contribution in [1.29, 1.82) is 5.41 Å². The Morgan fingerprint density at radius 2 is 1.18 bits per heavy atom. The molecule has 0 saturated carbocycles. The first-order valence-electron chi connectivity index (χ1n) is 28.6. The average molecular weight is 1200 g/mol. The first kappa shape index (κ1) is 73.1. The quantitative estimate of drug-likeness (QED) is 0.0139. The van der Waals surface area contributed by atoms with Gasteiger partial charge in [0.1, 0.15) is 66.5 Å². The monoisotopic (exact) mass is 1200 g/mol. The fraction of sp³-hybridized carbons (Fsp3) is 0.655. The molecule has 1 aromatic rings. The third kappa shape index (κ3) is 23.9. The minimum atomic E-state index is -1.83. The summed E-state index contributed by atoms with van der Waals surface area (Å²) in [6.45, 7) is 12.0. The fourth-order valence-corrected chi connectivity index (χ4v) is 8.59. The maximum absolute atomic E-state index is 14.3. The molecule has 0 aromatic heterocycles. The van der Waals surface area contributed by atoms with Gasteiger partial charge in [0.05, 0.1) is 19.3 Å². The van der Waals surface area contributed by atoms with Crippen LogP contribution in [0.3, 0.4) is 0 Å². The predicted molar refractivity (Wildman–Crippen MR) is 309 cm³/mol. The van der Waals surface area contributed by atoms with Gasteiger partial charge in [0, 0.05) is 13.0 Å². The molecular formula is C55H91N15O15. The normalized spacial score (nSPS) is 21.0. The predicted octanol–water partition coefficient (Wildman–Crippen LogP) is -4.70. The van der Waals surface area contributed by atoms with E-state index in [0.717, 1.165) is 5.56 Å². The number of hydrogen-bond acceptors (Lipinski definition) is 17. The number of nitrogens with two attached hydrogens (primary N) is 2. The lowest BCUT2D eigenvalue weighted by molar-refractivity contribution is -0.157. The van der Waals surface area contributed by atoms with Crippen molar-refractivity contribution in [2.45, 2.75) is 186 Å². The van der Waals surface area contributed by atoms with Crippen molar-refractivity contribution in [3.63, 3.8) is 0 Å². The highest BCUT2D eigenvalue weighted by molar-refractivity contribution is 5.99. The van der Waals surface area contributed by atoms with Crippen LogP contribution in [0.2, 0.25) is 0 Å². The molecule has 476 valence electrons. The first-order valence-corrected chi connectivity index (χ1v) is 28.6. The molecule has 0 aliphatic carbocycles. The second-order valence-electron chi connectivity index (χ2n) is 21.3. The van der Waals surface area contributed by atoms with Gasteiger partial charge >= 0.3 is 5.97 Å². The van der Waals surface area contributed by atoms with Crippen LogP contribution < -0.4 is 75.3 Å². The Kier molecular flexibility index (Phi) is 31.5. The molecule has 1 aliphatic heterocycles. The van der Waals surface area contributed by atoms with Crippen molar-refractivity contribution in [3.05, 3.63) is 35.9 Å². The van der Waals surface area contributed by atoms with E-state index >= 15 is 0 Å². The number of guanidine groups is 1. The van der Waals surface area contributed by atoms with E-state index in [2.05, 4.69) is 63.8 Å². The molecule has 19 N–H and O–H groups in total. The van der Waals surface area contributed by atoms with Gasteiger partial charge in [-0.15, -0.1) is 0 Å². The van der Waals surface area contributed by atoms with Gasteiger partial charge in [0.15, 0.2) is 5.96 Å². The second kappa shape index (κ2) is 36.7. The number of ether oxygens (including phenoxy) is 1. The summed E-state index contributed by atoms with van der Waals surface area (Å²) in [5.74, 6) is -13.2. The lowest BCUT2D eigenvalue weighted by Crippen LogP contribution is -2.63. The Bertz CT molecular complexity index is 2470. The molecular weight excluding hydrogens is 1110 g/mol. The van der Waals surface area contributed by atoms with Crippen LogP contribution in [-0.2, 0) is 68.7 Å². The van der Waals surface area contributed by atoms with Crippen molar-refractivity contribution >= 4 is 76.9 Å². The van der Waals surface area contributed by atoms with Crippen LogP contribution in [0.25, 0.3) is 0 Å². The highest BCUT2D eigenvalue weighted by Crippen LogP contribution is 2.17. The molecule has 11 amide bonds. The smallest absolute Gasteiger partial charge is 0.329 e. The zero-order valence-electron chi connectivity index (χ0n) is 50.2. The number of likely N-dealkylation sites (N-methyl/N-ethyl adjacent to an activating group) is 1. The summed E-state index contributed by atoms with van der Waals surface area (Å²) in [5, 5.41) is 58.5. The van der Waals surface area contributed by atoms with Gasteiger partial charge in [0.25, 0.3) is 0 Å². The van der Waals surface area contributed by atoms with Crippen LogP contribution in [0.1, 0.15) is 113 Å². The zero-order valence-corrected chi connectivity index (χ0v) is 50.2. The van der Waals surface area contributed by atoms with Crippen LogP contribution >= 0.6 is 0 Å². The number of carbonyl (C=O) groups excluding carboxylic acids is 12. The molecule has 1 unspecified atom stereocenters. The highest BCUT2D eigenvalue weighted by Gasteiger charge is 2.40. The van der Waals surface area contributed by atoms with Gasteiger partial charge < -0.3 is 90.2 Å². The largest absolute Gasteiger partial charge is 0.458 e. The Balaban J connectivity index is 2.36. The van der Waals surface area contributed by atoms with Crippen LogP contribution in [0.5, 0.6) is 0 Å². The van der Waals surface area contributed by atoms with E-state index in [-0.39, 0.29) is 38.2 Å². The van der Waals surface area contributed by atoms with Crippen molar-refractivity contribution in [2.75, 3.05) is 26.8 Å². The summed E-state index contributed by atoms with van der Waals surface area (Å²) in [4.78, 5) is 163. The number of amides is 11. The van der Waals surface area contributed by atoms with Gasteiger partial charge in [-0.1, -0.05) is 91.1 Å². The van der Waals surface area contributed by atoms with E-state index in [1.807, 2.05) is 30.3 Å². The summed E-state index contributed by atoms with van der Waals surface area (Å²) in [6, 6.07) is -6.46. The Morgan fingerprint density at radius 1 is 0.647 bits per heavy atom. The van der Waals surface area contributed by atoms with E-state index in [4.69, 9.17) is 21.6 Å². The van der Waals surface area contributed by atoms with Crippen molar-refractivity contribution in [1.82, 2.24) is 63.8 Å². The van der Waals surface area contributed by atoms with E-state index in [1.54, 1.807) is 48.6 Å². The standard InChI is InChI=1S/C55H91N15O15/c1-11-27(4)40(51(81)66-38(26-72)50(80)70-43-32(9)85-54(84)42(29(6)13-3)69-46(76)34(20-17-23-60-55(57)58)63-44(74)31(8)62-53(43)83)68-52(82)41(28(5)12-2)67-47(77)35(21-22-39(56)73)64-49(79)37(25-71)65-45(75)30(7)61-48(78)36(59-10)24-33-18-15-14-16-19-33/h14-16,18-19,27-32,34-38,40-43,59,71-72H,11-13,17,20-26H2,1-10H3,(H2,56,73)(H,61,78)(H,62,83)(H,63,74)(H,64,79)(H,65,75)(H,66,81)(H,67,77)(H,68,82)(H,69,76)(H,70,80)(H4,57,58,60)/t27-,28+,29-,30-,31-,32-,34-,35?,36+,37-,38-,40-,41+,42-,43+/m0/s1. The molecule has 30 nitrogen and oxygen atoms in total. The second-order valence-corrected chi connectivity index (χ2v) is 21.3. The molecule has 1 fully saturated rings. The molecule has 2 rings (SSSR count). The summed E-state index contributed by atoms with van der Waals surface area (Å²) in [7, 11) is 1.57. The zero-order chi connectivity index (χ0) is 64.2. The molecule has 30 heteroatoms. The third-order valence-electron chi connectivity index (χ3n) is 14.7. The van der Waals surface area contributed by atoms with Gasteiger partial charge in [-0.3, -0.25) is 58.1 Å². The molecule has 0 bridgehead atoms. The number of nitrogens with one attached hydrogen (secondary N) is 13. The highest BCUT2D eigenvalue weighted by atomic mass is 16.5. The Hall–Kier alpha value is -7.99. The van der Waals surface area contributed by atoms with Crippen LogP contribution in [0.15, 0.2) is 30.3 Å². The van der Waals surface area contributed by atoms with E-state index in [0.29, 0.717) is 12.8 Å². The number of carbonyl (C=O) groups is 12. The van der Waals surface area contributed by atoms with E-state index < -0.39 is 187 Å². The van der Waals surface area contributed by atoms with Gasteiger partial charge in [0.2, 0.25) is 65.0 Å². The number of primary amides is 1. The van der Waals surface area contributed by atoms with Gasteiger partial charge in [-0.25, -0.2) is 4.79 Å². The molecule has 1 aliphatic rings. The molecule has 85 heavy (non-hydrogen) atoms. The maximum atomic E-state index is 14.3. The molecule has 0 radical (unpaired) electrons. The fourth-order valence-electron chi connectivity index (χ4n) is 8.59. The van der Waals surface area contributed by atoms with Crippen LogP contribution in [0, 0.1) is 23.2 Å². The first-order chi connectivity index (χ1) is 40.1. The third-order valence-corrected chi connectivity index (χ3v) is 14.7. The summed E-state index contributed by atoms with van der Waals surface area (Å²) >= 11 is 0. The number of benzene rings is 1. The van der Waals surface area contributed by atoms with Crippen molar-refractivity contribution in [2.24, 2.45) is 29.2 Å². The minimum absolute atomic E-state index is 0.0277. The number of aliphatic hydroxyl groups is 2. The lowest BCUT2D eigenvalue weighted by atomic mass is 9.94. The molecule has 15 atom stereocenters. The van der Waals surface area contributed by atoms with Gasteiger partial charge in [-0.05, 0) is 76.8 Å². The van der Waals surface area contributed by atoms with Gasteiger partial charge in [-0.2, -0.15) is 0 Å². The molecule has 1 heterocycles.